The van der Waals surface area contributed by atoms with Crippen LogP contribution in [0, 0.1) is 3.57 Å². The maximum absolute atomic E-state index is 11.8. The number of hydrogen-bond acceptors (Lipinski definition) is 2. The molecule has 0 saturated heterocycles. The standard InChI is InChI=1S/C12H16INO2S/c1-9(7-8-17(2)16)14-12(15)10-3-5-11(13)6-4-10/h3-6,9H,7-8H2,1-2H3,(H,14,15). The maximum atomic E-state index is 11.8. The Bertz CT molecular complexity index is 405. The Labute approximate surface area is 118 Å². The van der Waals surface area contributed by atoms with Crippen LogP contribution in [0.25, 0.3) is 0 Å². The Balaban J connectivity index is 2.48. The zero-order chi connectivity index (χ0) is 12.8. The van der Waals surface area contributed by atoms with Crippen LogP contribution >= 0.6 is 22.6 Å². The van der Waals surface area contributed by atoms with E-state index in [0.717, 1.165) is 9.99 Å². The van der Waals surface area contributed by atoms with E-state index in [2.05, 4.69) is 27.9 Å². The number of halogens is 1. The van der Waals surface area contributed by atoms with Gasteiger partial charge in [-0.1, -0.05) is 0 Å². The average Bonchev–Trinajstić information content (AvgIpc) is 2.27. The van der Waals surface area contributed by atoms with Crippen LogP contribution in [0.2, 0.25) is 0 Å². The van der Waals surface area contributed by atoms with Gasteiger partial charge in [0, 0.05) is 38.0 Å². The molecule has 94 valence electrons. The molecule has 0 bridgehead atoms. The van der Waals surface area contributed by atoms with Crippen molar-refractivity contribution in [2.24, 2.45) is 0 Å². The minimum Gasteiger partial charge on any atom is -0.350 e. The molecule has 1 rings (SSSR count). The highest BCUT2D eigenvalue weighted by Crippen LogP contribution is 2.07. The highest BCUT2D eigenvalue weighted by molar-refractivity contribution is 14.1. The van der Waals surface area contributed by atoms with Crippen molar-refractivity contribution in [1.82, 2.24) is 5.32 Å². The predicted octanol–water partition coefficient (Wildman–Crippen LogP) is 2.18. The summed E-state index contributed by atoms with van der Waals surface area (Å²) in [5, 5.41) is 2.90. The zero-order valence-electron chi connectivity index (χ0n) is 9.90. The molecule has 5 heteroatoms. The Morgan fingerprint density at radius 2 is 2.00 bits per heavy atom. The summed E-state index contributed by atoms with van der Waals surface area (Å²) in [6.07, 6.45) is 2.41. The lowest BCUT2D eigenvalue weighted by molar-refractivity contribution is 0.0939. The Morgan fingerprint density at radius 1 is 1.41 bits per heavy atom. The number of hydrogen-bond donors (Lipinski definition) is 1. The van der Waals surface area contributed by atoms with Gasteiger partial charge in [0.2, 0.25) is 0 Å². The van der Waals surface area contributed by atoms with Crippen LogP contribution in [0.1, 0.15) is 23.7 Å². The number of carbonyl (C=O) groups excluding carboxylic acids is 1. The predicted molar refractivity (Wildman–Crippen MR) is 79.6 cm³/mol. The van der Waals surface area contributed by atoms with E-state index in [1.54, 1.807) is 6.26 Å². The lowest BCUT2D eigenvalue weighted by atomic mass is 10.2. The van der Waals surface area contributed by atoms with E-state index in [9.17, 15) is 9.00 Å². The van der Waals surface area contributed by atoms with Crippen molar-refractivity contribution in [2.45, 2.75) is 19.4 Å². The summed E-state index contributed by atoms with van der Waals surface area (Å²) in [4.78, 5) is 11.8. The lowest BCUT2D eigenvalue weighted by Gasteiger charge is -2.13. The van der Waals surface area contributed by atoms with Crippen LogP contribution in [-0.2, 0) is 10.8 Å². The summed E-state index contributed by atoms with van der Waals surface area (Å²) in [6, 6.07) is 7.47. The fourth-order valence-electron chi connectivity index (χ4n) is 1.32. The molecule has 2 atom stereocenters. The molecule has 0 aliphatic heterocycles. The Kier molecular flexibility index (Phi) is 6.11. The molecule has 0 saturated carbocycles. The van der Waals surface area contributed by atoms with E-state index in [1.807, 2.05) is 31.2 Å². The molecular weight excluding hydrogens is 349 g/mol. The molecule has 1 aromatic rings. The largest absolute Gasteiger partial charge is 0.350 e. The van der Waals surface area contributed by atoms with Crippen LogP contribution < -0.4 is 5.32 Å². The number of benzene rings is 1. The van der Waals surface area contributed by atoms with E-state index in [0.29, 0.717) is 11.3 Å². The van der Waals surface area contributed by atoms with Gasteiger partial charge in [-0.3, -0.25) is 9.00 Å². The molecule has 0 spiro atoms. The fourth-order valence-corrected chi connectivity index (χ4v) is 2.37. The van der Waals surface area contributed by atoms with E-state index >= 15 is 0 Å². The van der Waals surface area contributed by atoms with E-state index < -0.39 is 10.8 Å². The van der Waals surface area contributed by atoms with Gasteiger partial charge >= 0.3 is 0 Å². The molecule has 0 fully saturated rings. The second-order valence-corrected chi connectivity index (χ2v) is 6.75. The third-order valence-corrected chi connectivity index (χ3v) is 3.85. The molecule has 1 aromatic carbocycles. The van der Waals surface area contributed by atoms with Gasteiger partial charge in [-0.2, -0.15) is 0 Å². The normalized spacial score (nSPS) is 14.1. The smallest absolute Gasteiger partial charge is 0.251 e. The first kappa shape index (κ1) is 14.6. The average molecular weight is 365 g/mol. The van der Waals surface area contributed by atoms with Gasteiger partial charge in [0.1, 0.15) is 0 Å². The first-order chi connectivity index (χ1) is 7.99. The zero-order valence-corrected chi connectivity index (χ0v) is 12.9. The first-order valence-electron chi connectivity index (χ1n) is 5.35. The summed E-state index contributed by atoms with van der Waals surface area (Å²) in [5.74, 6) is 0.546. The molecule has 0 aliphatic carbocycles. The highest BCUT2D eigenvalue weighted by atomic mass is 127. The molecule has 1 N–H and O–H groups in total. The van der Waals surface area contributed by atoms with Gasteiger partial charge in [0.05, 0.1) is 0 Å². The fraction of sp³-hybridized carbons (Fsp3) is 0.417. The molecule has 0 radical (unpaired) electrons. The van der Waals surface area contributed by atoms with Crippen molar-refractivity contribution in [3.05, 3.63) is 33.4 Å². The van der Waals surface area contributed by atoms with E-state index in [1.165, 1.54) is 0 Å². The topological polar surface area (TPSA) is 46.2 Å². The molecule has 0 heterocycles. The van der Waals surface area contributed by atoms with Crippen molar-refractivity contribution in [3.63, 3.8) is 0 Å². The lowest BCUT2D eigenvalue weighted by Crippen LogP contribution is -2.33. The van der Waals surface area contributed by atoms with Crippen molar-refractivity contribution >= 4 is 39.3 Å². The number of amides is 1. The molecule has 0 aliphatic rings. The Hall–Kier alpha value is -0.430. The number of carbonyl (C=O) groups is 1. The second kappa shape index (κ2) is 7.10. The van der Waals surface area contributed by atoms with Crippen LogP contribution in [0.4, 0.5) is 0 Å². The van der Waals surface area contributed by atoms with E-state index in [-0.39, 0.29) is 11.9 Å². The van der Waals surface area contributed by atoms with E-state index in [4.69, 9.17) is 0 Å². The van der Waals surface area contributed by atoms with Crippen LogP contribution in [0.5, 0.6) is 0 Å². The summed E-state index contributed by atoms with van der Waals surface area (Å²) < 4.78 is 12.0. The monoisotopic (exact) mass is 365 g/mol. The molecule has 0 aromatic heterocycles. The quantitative estimate of drug-likeness (QED) is 0.814. The summed E-state index contributed by atoms with van der Waals surface area (Å²) >= 11 is 2.20. The van der Waals surface area contributed by atoms with Gasteiger partial charge in [0.25, 0.3) is 5.91 Å². The van der Waals surface area contributed by atoms with Crippen LogP contribution in [0.3, 0.4) is 0 Å². The number of nitrogens with one attached hydrogen (secondary N) is 1. The minimum absolute atomic E-state index is 0.0469. The summed E-state index contributed by atoms with van der Waals surface area (Å²) in [5.41, 5.74) is 0.662. The molecule has 17 heavy (non-hydrogen) atoms. The van der Waals surface area contributed by atoms with Crippen LogP contribution in [0.15, 0.2) is 24.3 Å². The molecule has 1 amide bonds. The van der Waals surface area contributed by atoms with Gasteiger partial charge in [-0.05, 0) is 60.2 Å². The van der Waals surface area contributed by atoms with Gasteiger partial charge in [-0.25, -0.2) is 0 Å². The SMILES string of the molecule is CC(CCS(C)=O)NC(=O)c1ccc(I)cc1. The molecule has 3 nitrogen and oxygen atoms in total. The molecule has 2 unspecified atom stereocenters. The van der Waals surface area contributed by atoms with Crippen molar-refractivity contribution in [1.29, 1.82) is 0 Å². The summed E-state index contributed by atoms with van der Waals surface area (Å²) in [7, 11) is -0.801. The van der Waals surface area contributed by atoms with Gasteiger partial charge in [0.15, 0.2) is 0 Å². The van der Waals surface area contributed by atoms with Crippen LogP contribution in [-0.4, -0.2) is 28.2 Å². The van der Waals surface area contributed by atoms with Crippen molar-refractivity contribution in [2.75, 3.05) is 12.0 Å². The minimum atomic E-state index is -0.801. The highest BCUT2D eigenvalue weighted by Gasteiger charge is 2.09. The summed E-state index contributed by atoms with van der Waals surface area (Å²) in [6.45, 7) is 1.93. The Morgan fingerprint density at radius 3 is 2.53 bits per heavy atom. The van der Waals surface area contributed by atoms with Crippen molar-refractivity contribution < 1.29 is 9.00 Å². The van der Waals surface area contributed by atoms with Gasteiger partial charge < -0.3 is 5.32 Å². The first-order valence-corrected chi connectivity index (χ1v) is 8.16. The number of rotatable bonds is 5. The third kappa shape index (κ3) is 5.63. The van der Waals surface area contributed by atoms with Gasteiger partial charge in [-0.15, -0.1) is 0 Å². The van der Waals surface area contributed by atoms with Crippen molar-refractivity contribution in [3.8, 4) is 0 Å². The third-order valence-electron chi connectivity index (χ3n) is 2.32. The maximum Gasteiger partial charge on any atom is 0.251 e. The second-order valence-electron chi connectivity index (χ2n) is 3.95. The molecular formula is C12H16INO2S.